The van der Waals surface area contributed by atoms with E-state index in [1.54, 1.807) is 35.0 Å². The summed E-state index contributed by atoms with van der Waals surface area (Å²) in [4.78, 5) is 38.7. The lowest BCUT2D eigenvalue weighted by Crippen LogP contribution is -2.46. The highest BCUT2D eigenvalue weighted by molar-refractivity contribution is 6.21. The van der Waals surface area contributed by atoms with Gasteiger partial charge in [-0.2, -0.15) is 5.10 Å². The number of anilines is 1. The topological polar surface area (TPSA) is 95.7 Å². The lowest BCUT2D eigenvalue weighted by atomic mass is 10.1. The van der Waals surface area contributed by atoms with Gasteiger partial charge in [0.05, 0.1) is 17.3 Å². The van der Waals surface area contributed by atoms with Gasteiger partial charge in [0, 0.05) is 31.6 Å². The predicted octanol–water partition coefficient (Wildman–Crippen LogP) is 1.29. The Morgan fingerprint density at radius 2 is 1.79 bits per heavy atom. The molecule has 1 atom stereocenters. The van der Waals surface area contributed by atoms with Gasteiger partial charge in [0.15, 0.2) is 0 Å². The minimum Gasteiger partial charge on any atom is -0.465 e. The van der Waals surface area contributed by atoms with Crippen LogP contribution in [0, 0.1) is 5.92 Å². The third-order valence-electron chi connectivity index (χ3n) is 4.39. The van der Waals surface area contributed by atoms with Crippen molar-refractivity contribution < 1.29 is 19.5 Å². The van der Waals surface area contributed by atoms with E-state index in [2.05, 4.69) is 5.10 Å². The highest BCUT2D eigenvalue weighted by Crippen LogP contribution is 2.27. The number of nitrogens with zero attached hydrogens (tertiary/aromatic N) is 4. The van der Waals surface area contributed by atoms with Crippen LogP contribution in [0.25, 0.3) is 0 Å². The molecule has 0 saturated carbocycles. The average Bonchev–Trinajstić information content (AvgIpc) is 3.13. The number of carbonyl (C=O) groups is 3. The van der Waals surface area contributed by atoms with Crippen LogP contribution in [0.4, 0.5) is 10.6 Å². The molecule has 0 bridgehead atoms. The summed E-state index contributed by atoms with van der Waals surface area (Å²) in [6.07, 6.45) is 0.458. The third-order valence-corrected chi connectivity index (χ3v) is 4.39. The molecule has 0 radical (unpaired) electrons. The van der Waals surface area contributed by atoms with Crippen molar-refractivity contribution in [2.45, 2.75) is 6.54 Å². The minimum absolute atomic E-state index is 0.162. The van der Waals surface area contributed by atoms with Crippen molar-refractivity contribution in [2.75, 3.05) is 18.0 Å². The van der Waals surface area contributed by atoms with Gasteiger partial charge in [0.2, 0.25) is 0 Å². The number of amides is 3. The standard InChI is InChI=1S/C16H14N4O4/c21-14-11-3-1-2-4-12(11)15(22)19(14)8-10-7-18(16(23)24)13-5-6-17-20(13)9-10/h1-6,10H,7-9H2,(H,23,24). The molecule has 3 amide bonds. The van der Waals surface area contributed by atoms with Crippen LogP contribution in [0.15, 0.2) is 36.5 Å². The first-order valence-corrected chi connectivity index (χ1v) is 7.53. The summed E-state index contributed by atoms with van der Waals surface area (Å²) >= 11 is 0. The van der Waals surface area contributed by atoms with Gasteiger partial charge < -0.3 is 5.11 Å². The molecular weight excluding hydrogens is 312 g/mol. The number of hydrogen-bond donors (Lipinski definition) is 1. The largest absolute Gasteiger partial charge is 0.465 e. The molecule has 2 aliphatic heterocycles. The molecule has 1 N–H and O–H groups in total. The maximum atomic E-state index is 12.4. The molecule has 3 heterocycles. The van der Waals surface area contributed by atoms with Crippen molar-refractivity contribution in [2.24, 2.45) is 5.92 Å². The number of aromatic nitrogens is 2. The van der Waals surface area contributed by atoms with Crippen molar-refractivity contribution in [3.63, 3.8) is 0 Å². The maximum Gasteiger partial charge on any atom is 0.413 e. The van der Waals surface area contributed by atoms with Crippen LogP contribution >= 0.6 is 0 Å². The molecule has 24 heavy (non-hydrogen) atoms. The number of fused-ring (bicyclic) bond motifs is 2. The second-order valence-electron chi connectivity index (χ2n) is 5.90. The number of imide groups is 1. The van der Waals surface area contributed by atoms with Crippen molar-refractivity contribution in [1.82, 2.24) is 14.7 Å². The van der Waals surface area contributed by atoms with Crippen molar-refractivity contribution in [3.05, 3.63) is 47.7 Å². The first kappa shape index (κ1) is 14.4. The van der Waals surface area contributed by atoms with E-state index in [-0.39, 0.29) is 30.8 Å². The van der Waals surface area contributed by atoms with Crippen molar-refractivity contribution in [1.29, 1.82) is 0 Å². The van der Waals surface area contributed by atoms with Crippen LogP contribution in [0.1, 0.15) is 20.7 Å². The summed E-state index contributed by atoms with van der Waals surface area (Å²) in [7, 11) is 0. The molecule has 0 fully saturated rings. The molecular formula is C16H14N4O4. The number of rotatable bonds is 2. The number of hydrogen-bond acceptors (Lipinski definition) is 4. The molecule has 1 unspecified atom stereocenters. The Morgan fingerprint density at radius 3 is 2.42 bits per heavy atom. The number of carboxylic acid groups (broad SMARTS) is 1. The molecule has 2 aliphatic rings. The molecule has 1 aromatic carbocycles. The summed E-state index contributed by atoms with van der Waals surface area (Å²) in [6.45, 7) is 0.837. The molecule has 122 valence electrons. The van der Waals surface area contributed by atoms with Crippen LogP contribution in [-0.4, -0.2) is 50.8 Å². The third kappa shape index (κ3) is 2.07. The fraction of sp³-hybridized carbons (Fsp3) is 0.250. The zero-order valence-corrected chi connectivity index (χ0v) is 12.6. The number of benzene rings is 1. The van der Waals surface area contributed by atoms with E-state index in [0.29, 0.717) is 23.5 Å². The van der Waals surface area contributed by atoms with E-state index in [9.17, 15) is 19.5 Å². The Balaban J connectivity index is 1.58. The van der Waals surface area contributed by atoms with Gasteiger partial charge in [-0.25, -0.2) is 9.48 Å². The zero-order chi connectivity index (χ0) is 16.8. The normalized spacial score (nSPS) is 19.4. The van der Waals surface area contributed by atoms with Gasteiger partial charge in [0.25, 0.3) is 11.8 Å². The van der Waals surface area contributed by atoms with Crippen molar-refractivity contribution in [3.8, 4) is 0 Å². The Hall–Kier alpha value is -3.16. The summed E-state index contributed by atoms with van der Waals surface area (Å²) in [6, 6.07) is 8.33. The van der Waals surface area contributed by atoms with Gasteiger partial charge in [-0.15, -0.1) is 0 Å². The lowest BCUT2D eigenvalue weighted by Gasteiger charge is -2.32. The quantitative estimate of drug-likeness (QED) is 0.839. The van der Waals surface area contributed by atoms with Gasteiger partial charge >= 0.3 is 6.09 Å². The first-order chi connectivity index (χ1) is 11.6. The number of carbonyl (C=O) groups excluding carboxylic acids is 2. The van der Waals surface area contributed by atoms with Gasteiger partial charge in [0.1, 0.15) is 5.82 Å². The van der Waals surface area contributed by atoms with E-state index in [1.165, 1.54) is 16.0 Å². The minimum atomic E-state index is -1.08. The Labute approximate surface area is 136 Å². The summed E-state index contributed by atoms with van der Waals surface area (Å²) in [5.41, 5.74) is 0.793. The first-order valence-electron chi connectivity index (χ1n) is 7.53. The van der Waals surface area contributed by atoms with E-state index in [0.717, 1.165) is 0 Å². The SMILES string of the molecule is O=C1c2ccccc2C(=O)N1CC1CN(C(=O)O)c2ccnn2C1. The Morgan fingerprint density at radius 1 is 1.12 bits per heavy atom. The second kappa shape index (κ2) is 5.19. The molecule has 8 nitrogen and oxygen atoms in total. The monoisotopic (exact) mass is 326 g/mol. The predicted molar refractivity (Wildman–Crippen MR) is 82.9 cm³/mol. The van der Waals surface area contributed by atoms with E-state index in [4.69, 9.17) is 0 Å². The van der Waals surface area contributed by atoms with E-state index < -0.39 is 6.09 Å². The van der Waals surface area contributed by atoms with Crippen molar-refractivity contribution >= 4 is 23.7 Å². The molecule has 0 aliphatic carbocycles. The Kier molecular flexibility index (Phi) is 3.12. The molecule has 0 saturated heterocycles. The van der Waals surface area contributed by atoms with Crippen LogP contribution in [0.5, 0.6) is 0 Å². The van der Waals surface area contributed by atoms with Crippen LogP contribution in [0.3, 0.4) is 0 Å². The molecule has 1 aromatic heterocycles. The van der Waals surface area contributed by atoms with Gasteiger partial charge in [-0.05, 0) is 12.1 Å². The average molecular weight is 326 g/mol. The van der Waals surface area contributed by atoms with Crippen LogP contribution < -0.4 is 4.90 Å². The second-order valence-corrected chi connectivity index (χ2v) is 5.90. The summed E-state index contributed by atoms with van der Waals surface area (Å²) in [5.74, 6) is -0.371. The van der Waals surface area contributed by atoms with Crippen LogP contribution in [-0.2, 0) is 6.54 Å². The smallest absolute Gasteiger partial charge is 0.413 e. The fourth-order valence-electron chi connectivity index (χ4n) is 3.30. The molecule has 8 heteroatoms. The van der Waals surface area contributed by atoms with Gasteiger partial charge in [-0.3, -0.25) is 19.4 Å². The maximum absolute atomic E-state index is 12.4. The molecule has 0 spiro atoms. The van der Waals surface area contributed by atoms with E-state index in [1.807, 2.05) is 0 Å². The fourth-order valence-corrected chi connectivity index (χ4v) is 3.30. The Bertz CT molecular complexity index is 824. The highest BCUT2D eigenvalue weighted by atomic mass is 16.4. The summed E-state index contributed by atoms with van der Waals surface area (Å²) in [5, 5.41) is 13.5. The van der Waals surface area contributed by atoms with Crippen LogP contribution in [0.2, 0.25) is 0 Å². The summed E-state index contributed by atoms with van der Waals surface area (Å²) < 4.78 is 1.58. The van der Waals surface area contributed by atoms with E-state index >= 15 is 0 Å². The van der Waals surface area contributed by atoms with Gasteiger partial charge in [-0.1, -0.05) is 12.1 Å². The highest BCUT2D eigenvalue weighted by Gasteiger charge is 2.38. The molecule has 2 aromatic rings. The lowest BCUT2D eigenvalue weighted by molar-refractivity contribution is 0.0622. The molecule has 4 rings (SSSR count). The zero-order valence-electron chi connectivity index (χ0n) is 12.6.